The smallest absolute Gasteiger partial charge is 0.223 e. The maximum absolute atomic E-state index is 12.3. The van der Waals surface area contributed by atoms with E-state index in [1.54, 1.807) is 0 Å². The van der Waals surface area contributed by atoms with Gasteiger partial charge < -0.3 is 10.2 Å². The number of allylic oxidation sites excluding steroid dienone is 2. The molecule has 3 unspecified atom stereocenters. The lowest BCUT2D eigenvalue weighted by atomic mass is 9.85. The van der Waals surface area contributed by atoms with Gasteiger partial charge in [-0.25, -0.2) is 0 Å². The van der Waals surface area contributed by atoms with Crippen LogP contribution >= 0.6 is 0 Å². The number of fused-ring (bicyclic) bond motifs is 1. The van der Waals surface area contributed by atoms with E-state index in [0.29, 0.717) is 36.6 Å². The number of nitrogens with one attached hydrogen (secondary N) is 1. The Balaban J connectivity index is 1.54. The maximum Gasteiger partial charge on any atom is 0.223 e. The van der Waals surface area contributed by atoms with Gasteiger partial charge in [-0.15, -0.1) is 0 Å². The fraction of sp³-hybridized carbons (Fsp3) is 0.733. The topological polar surface area (TPSA) is 49.4 Å². The van der Waals surface area contributed by atoms with Gasteiger partial charge in [0.2, 0.25) is 11.8 Å². The zero-order valence-corrected chi connectivity index (χ0v) is 11.3. The zero-order chi connectivity index (χ0) is 13.2. The first-order chi connectivity index (χ1) is 9.22. The predicted molar refractivity (Wildman–Crippen MR) is 72.3 cm³/mol. The summed E-state index contributed by atoms with van der Waals surface area (Å²) in [6.07, 6.45) is 9.75. The second-order valence-corrected chi connectivity index (χ2v) is 6.07. The first-order valence-electron chi connectivity index (χ1n) is 7.46. The molecule has 0 radical (unpaired) electrons. The summed E-state index contributed by atoms with van der Waals surface area (Å²) in [5.41, 5.74) is 0. The van der Waals surface area contributed by atoms with Crippen LogP contribution in [0, 0.1) is 11.8 Å². The fourth-order valence-electron chi connectivity index (χ4n) is 3.56. The summed E-state index contributed by atoms with van der Waals surface area (Å²) in [6, 6.07) is 0.302. The van der Waals surface area contributed by atoms with Crippen molar-refractivity contribution in [2.45, 2.75) is 44.6 Å². The van der Waals surface area contributed by atoms with Crippen LogP contribution in [0.1, 0.15) is 38.5 Å². The molecule has 0 bridgehead atoms. The van der Waals surface area contributed by atoms with Gasteiger partial charge in [0.05, 0.1) is 0 Å². The summed E-state index contributed by atoms with van der Waals surface area (Å²) in [4.78, 5) is 25.7. The molecule has 3 atom stereocenters. The Morgan fingerprint density at radius 1 is 1.37 bits per heavy atom. The summed E-state index contributed by atoms with van der Waals surface area (Å²) in [6.45, 7) is 1.64. The normalized spacial score (nSPS) is 34.0. The van der Waals surface area contributed by atoms with Gasteiger partial charge in [-0.1, -0.05) is 12.2 Å². The summed E-state index contributed by atoms with van der Waals surface area (Å²) >= 11 is 0. The van der Waals surface area contributed by atoms with Crippen LogP contribution in [0.25, 0.3) is 0 Å². The highest BCUT2D eigenvalue weighted by Crippen LogP contribution is 2.27. The van der Waals surface area contributed by atoms with E-state index in [4.69, 9.17) is 0 Å². The molecule has 2 amide bonds. The van der Waals surface area contributed by atoms with Gasteiger partial charge in [0, 0.05) is 32.0 Å². The van der Waals surface area contributed by atoms with Gasteiger partial charge in [0.15, 0.2) is 0 Å². The number of hydrogen-bond acceptors (Lipinski definition) is 2. The molecule has 2 heterocycles. The van der Waals surface area contributed by atoms with E-state index in [1.807, 2.05) is 4.90 Å². The molecule has 4 heteroatoms. The Hall–Kier alpha value is -1.32. The van der Waals surface area contributed by atoms with Crippen LogP contribution in [0.4, 0.5) is 0 Å². The predicted octanol–water partition coefficient (Wildman–Crippen LogP) is 1.47. The lowest BCUT2D eigenvalue weighted by Gasteiger charge is -2.41. The number of hydrogen-bond donors (Lipinski definition) is 1. The number of amides is 2. The molecule has 0 aromatic carbocycles. The Labute approximate surface area is 114 Å². The van der Waals surface area contributed by atoms with Gasteiger partial charge >= 0.3 is 0 Å². The van der Waals surface area contributed by atoms with E-state index in [0.717, 1.165) is 38.8 Å². The zero-order valence-electron chi connectivity index (χ0n) is 11.3. The van der Waals surface area contributed by atoms with Crippen LogP contribution in [-0.2, 0) is 9.59 Å². The minimum Gasteiger partial charge on any atom is -0.353 e. The minimum absolute atomic E-state index is 0.178. The molecule has 0 spiro atoms. The van der Waals surface area contributed by atoms with E-state index in [-0.39, 0.29) is 5.91 Å². The van der Waals surface area contributed by atoms with Crippen LogP contribution in [0.2, 0.25) is 0 Å². The number of carbonyl (C=O) groups is 2. The molecule has 2 saturated heterocycles. The summed E-state index contributed by atoms with van der Waals surface area (Å²) in [7, 11) is 0. The summed E-state index contributed by atoms with van der Waals surface area (Å²) in [5, 5.41) is 3.06. The van der Waals surface area contributed by atoms with Crippen LogP contribution in [0.15, 0.2) is 12.2 Å². The molecular formula is C15H22N2O2. The van der Waals surface area contributed by atoms with E-state index in [9.17, 15) is 9.59 Å². The SMILES string of the molecule is O=C1CCC2CN(C(=O)CC3C=CCC3)CCC2N1. The quantitative estimate of drug-likeness (QED) is 0.766. The molecule has 3 rings (SSSR count). The lowest BCUT2D eigenvalue weighted by Crippen LogP contribution is -2.55. The Morgan fingerprint density at radius 2 is 2.26 bits per heavy atom. The molecule has 104 valence electrons. The van der Waals surface area contributed by atoms with Crippen molar-refractivity contribution >= 4 is 11.8 Å². The maximum atomic E-state index is 12.3. The lowest BCUT2D eigenvalue weighted by molar-refractivity contribution is -0.135. The first kappa shape index (κ1) is 12.7. The van der Waals surface area contributed by atoms with Crippen molar-refractivity contribution in [2.24, 2.45) is 11.8 Å². The van der Waals surface area contributed by atoms with Gasteiger partial charge in [-0.2, -0.15) is 0 Å². The van der Waals surface area contributed by atoms with Gasteiger partial charge in [-0.05, 0) is 37.5 Å². The van der Waals surface area contributed by atoms with E-state index in [2.05, 4.69) is 17.5 Å². The Morgan fingerprint density at radius 3 is 3.05 bits per heavy atom. The number of carbonyl (C=O) groups excluding carboxylic acids is 2. The highest BCUT2D eigenvalue weighted by Gasteiger charge is 2.35. The molecule has 2 fully saturated rings. The van der Waals surface area contributed by atoms with Crippen LogP contribution < -0.4 is 5.32 Å². The van der Waals surface area contributed by atoms with E-state index < -0.39 is 0 Å². The fourth-order valence-corrected chi connectivity index (χ4v) is 3.56. The number of piperidine rings is 2. The van der Waals surface area contributed by atoms with E-state index >= 15 is 0 Å². The standard InChI is InChI=1S/C15H22N2O2/c18-14-6-5-12-10-17(8-7-13(12)16-14)15(19)9-11-3-1-2-4-11/h1,3,11-13H,2,4-10H2,(H,16,18). The van der Waals surface area contributed by atoms with Crippen molar-refractivity contribution in [3.8, 4) is 0 Å². The Bertz CT molecular complexity index is 405. The van der Waals surface area contributed by atoms with Crippen molar-refractivity contribution in [2.75, 3.05) is 13.1 Å². The van der Waals surface area contributed by atoms with Crippen molar-refractivity contribution in [1.29, 1.82) is 0 Å². The van der Waals surface area contributed by atoms with Crippen molar-refractivity contribution < 1.29 is 9.59 Å². The number of likely N-dealkylation sites (tertiary alicyclic amines) is 1. The molecule has 3 aliphatic rings. The van der Waals surface area contributed by atoms with Crippen molar-refractivity contribution in [3.05, 3.63) is 12.2 Å². The second kappa shape index (κ2) is 5.35. The first-order valence-corrected chi connectivity index (χ1v) is 7.46. The third-order valence-electron chi connectivity index (χ3n) is 4.72. The van der Waals surface area contributed by atoms with Gasteiger partial charge in [-0.3, -0.25) is 9.59 Å². The molecule has 0 saturated carbocycles. The summed E-state index contributed by atoms with van der Waals surface area (Å²) < 4.78 is 0. The molecule has 4 nitrogen and oxygen atoms in total. The third-order valence-corrected chi connectivity index (χ3v) is 4.72. The molecule has 1 aliphatic carbocycles. The molecule has 19 heavy (non-hydrogen) atoms. The average Bonchev–Trinajstić information content (AvgIpc) is 2.91. The number of rotatable bonds is 2. The molecule has 1 N–H and O–H groups in total. The van der Waals surface area contributed by atoms with Gasteiger partial charge in [0.1, 0.15) is 0 Å². The highest BCUT2D eigenvalue weighted by atomic mass is 16.2. The Kier molecular flexibility index (Phi) is 3.58. The van der Waals surface area contributed by atoms with Crippen molar-refractivity contribution in [3.63, 3.8) is 0 Å². The molecule has 0 aromatic rings. The minimum atomic E-state index is 0.178. The second-order valence-electron chi connectivity index (χ2n) is 6.07. The van der Waals surface area contributed by atoms with Crippen molar-refractivity contribution in [1.82, 2.24) is 10.2 Å². The van der Waals surface area contributed by atoms with Crippen LogP contribution in [0.5, 0.6) is 0 Å². The number of nitrogens with zero attached hydrogens (tertiary/aromatic N) is 1. The van der Waals surface area contributed by atoms with E-state index in [1.165, 1.54) is 0 Å². The summed E-state index contributed by atoms with van der Waals surface area (Å²) in [5.74, 6) is 1.40. The van der Waals surface area contributed by atoms with Crippen LogP contribution in [0.3, 0.4) is 0 Å². The molecular weight excluding hydrogens is 240 g/mol. The average molecular weight is 262 g/mol. The molecule has 0 aromatic heterocycles. The highest BCUT2D eigenvalue weighted by molar-refractivity contribution is 5.78. The van der Waals surface area contributed by atoms with Gasteiger partial charge in [0.25, 0.3) is 0 Å². The largest absolute Gasteiger partial charge is 0.353 e. The molecule has 2 aliphatic heterocycles. The third kappa shape index (κ3) is 2.82. The monoisotopic (exact) mass is 262 g/mol. The van der Waals surface area contributed by atoms with Crippen LogP contribution in [-0.4, -0.2) is 35.8 Å².